The van der Waals surface area contributed by atoms with Crippen LogP contribution in [0.4, 0.5) is 5.69 Å². The third kappa shape index (κ3) is 4.71. The average molecular weight is 532 g/mol. The lowest BCUT2D eigenvalue weighted by molar-refractivity contribution is -0.904. The first-order valence-corrected chi connectivity index (χ1v) is 13.7. The molecule has 1 spiro atoms. The molecular weight excluding hydrogens is 500 g/mol. The van der Waals surface area contributed by atoms with E-state index >= 15 is 0 Å². The summed E-state index contributed by atoms with van der Waals surface area (Å²) in [5, 5.41) is 13.1. The number of amides is 2. The molecule has 2 aliphatic heterocycles. The molecule has 2 saturated heterocycles. The fourth-order valence-corrected chi connectivity index (χ4v) is 6.55. The SMILES string of the molecule is O=C(NC1CCc2ccc(C(=O)N3CCC4(CCN(c5cc[n+](O)cc5)CC4)C3)cc21)c1ccccc1Cl. The van der Waals surface area contributed by atoms with Gasteiger partial charge in [0.25, 0.3) is 11.8 Å². The molecule has 2 N–H and O–H groups in total. The number of anilines is 1. The molecule has 0 saturated carbocycles. The zero-order valence-electron chi connectivity index (χ0n) is 21.3. The number of halogens is 1. The Morgan fingerprint density at radius 3 is 2.50 bits per heavy atom. The van der Waals surface area contributed by atoms with Gasteiger partial charge in [-0.1, -0.05) is 29.8 Å². The molecule has 1 unspecified atom stereocenters. The monoisotopic (exact) mass is 531 g/mol. The molecule has 6 rings (SSSR count). The van der Waals surface area contributed by atoms with Gasteiger partial charge in [-0.2, -0.15) is 0 Å². The first-order chi connectivity index (χ1) is 18.4. The molecule has 2 fully saturated rings. The zero-order chi connectivity index (χ0) is 26.3. The second kappa shape index (κ2) is 9.95. The van der Waals surface area contributed by atoms with Crippen LogP contribution in [0.3, 0.4) is 0 Å². The minimum absolute atomic E-state index is 0.0748. The maximum absolute atomic E-state index is 13.6. The summed E-state index contributed by atoms with van der Waals surface area (Å²) >= 11 is 6.23. The molecule has 1 atom stereocenters. The van der Waals surface area contributed by atoms with Crippen LogP contribution < -0.4 is 14.9 Å². The van der Waals surface area contributed by atoms with Crippen molar-refractivity contribution in [3.63, 3.8) is 0 Å². The number of fused-ring (bicyclic) bond motifs is 1. The van der Waals surface area contributed by atoms with Crippen molar-refractivity contribution in [1.29, 1.82) is 0 Å². The second-order valence-corrected chi connectivity index (χ2v) is 11.3. The largest absolute Gasteiger partial charge is 0.371 e. The fourth-order valence-electron chi connectivity index (χ4n) is 6.33. The van der Waals surface area contributed by atoms with Gasteiger partial charge in [0, 0.05) is 54.3 Å². The first kappa shape index (κ1) is 24.7. The number of benzene rings is 2. The number of pyridine rings is 1. The van der Waals surface area contributed by atoms with Crippen molar-refractivity contribution in [2.24, 2.45) is 5.41 Å². The Morgan fingerprint density at radius 1 is 1.00 bits per heavy atom. The predicted molar refractivity (Wildman–Crippen MR) is 145 cm³/mol. The predicted octanol–water partition coefficient (Wildman–Crippen LogP) is 4.41. The molecule has 7 nitrogen and oxygen atoms in total. The molecule has 0 radical (unpaired) electrons. The summed E-state index contributed by atoms with van der Waals surface area (Å²) in [5.74, 6) is -0.116. The van der Waals surface area contributed by atoms with Crippen LogP contribution in [0.2, 0.25) is 5.02 Å². The van der Waals surface area contributed by atoms with E-state index in [2.05, 4.69) is 10.2 Å². The van der Waals surface area contributed by atoms with E-state index in [1.165, 1.54) is 5.56 Å². The van der Waals surface area contributed by atoms with Gasteiger partial charge in [0.15, 0.2) is 0 Å². The lowest BCUT2D eigenvalue weighted by Gasteiger charge is -2.40. The van der Waals surface area contributed by atoms with Crippen molar-refractivity contribution in [3.8, 4) is 0 Å². The highest BCUT2D eigenvalue weighted by Crippen LogP contribution is 2.42. The number of aryl methyl sites for hydroxylation is 1. The third-order valence-electron chi connectivity index (χ3n) is 8.61. The molecule has 1 aromatic heterocycles. The van der Waals surface area contributed by atoms with Crippen molar-refractivity contribution >= 4 is 29.1 Å². The van der Waals surface area contributed by atoms with Gasteiger partial charge in [0.1, 0.15) is 0 Å². The van der Waals surface area contributed by atoms with E-state index in [-0.39, 0.29) is 23.3 Å². The van der Waals surface area contributed by atoms with E-state index < -0.39 is 0 Å². The number of nitrogens with zero attached hydrogens (tertiary/aromatic N) is 3. The second-order valence-electron chi connectivity index (χ2n) is 10.9. The summed E-state index contributed by atoms with van der Waals surface area (Å²) in [4.78, 5) is 30.8. The van der Waals surface area contributed by atoms with E-state index in [9.17, 15) is 14.8 Å². The Kier molecular flexibility index (Phi) is 6.48. The zero-order valence-corrected chi connectivity index (χ0v) is 22.0. The van der Waals surface area contributed by atoms with E-state index in [1.807, 2.05) is 41.3 Å². The number of carbonyl (C=O) groups excluding carboxylic acids is 2. The number of rotatable bonds is 4. The van der Waals surface area contributed by atoms with Crippen LogP contribution in [-0.4, -0.2) is 48.1 Å². The smallest absolute Gasteiger partial charge is 0.253 e. The first-order valence-electron chi connectivity index (χ1n) is 13.3. The summed E-state index contributed by atoms with van der Waals surface area (Å²) in [6.45, 7) is 3.46. The Balaban J connectivity index is 1.11. The van der Waals surface area contributed by atoms with Gasteiger partial charge in [0.05, 0.1) is 16.6 Å². The third-order valence-corrected chi connectivity index (χ3v) is 8.93. The molecule has 3 heterocycles. The molecule has 0 bridgehead atoms. The van der Waals surface area contributed by atoms with Crippen molar-refractivity contribution in [3.05, 3.63) is 94.3 Å². The molecule has 3 aromatic rings. The Morgan fingerprint density at radius 2 is 1.74 bits per heavy atom. The topological polar surface area (TPSA) is 76.8 Å². The van der Waals surface area contributed by atoms with Gasteiger partial charge in [-0.05, 0) is 72.9 Å². The van der Waals surface area contributed by atoms with Gasteiger partial charge in [-0.3, -0.25) is 14.8 Å². The normalized spacial score (nSPS) is 20.0. The maximum atomic E-state index is 13.6. The van der Waals surface area contributed by atoms with Crippen LogP contribution in [0.15, 0.2) is 67.0 Å². The Bertz CT molecular complexity index is 1370. The lowest BCUT2D eigenvalue weighted by atomic mass is 9.77. The summed E-state index contributed by atoms with van der Waals surface area (Å²) in [5.41, 5.74) is 4.66. The van der Waals surface area contributed by atoms with Crippen LogP contribution in [0.25, 0.3) is 0 Å². The Hall–Kier alpha value is -3.58. The summed E-state index contributed by atoms with van der Waals surface area (Å²) < 4.78 is 1.06. The molecule has 2 amide bonds. The van der Waals surface area contributed by atoms with E-state index in [0.29, 0.717) is 16.1 Å². The summed E-state index contributed by atoms with van der Waals surface area (Å²) in [6.07, 6.45) is 8.11. The number of hydrogen-bond donors (Lipinski definition) is 2. The summed E-state index contributed by atoms with van der Waals surface area (Å²) in [7, 11) is 0. The van der Waals surface area contributed by atoms with Crippen LogP contribution in [0, 0.1) is 5.41 Å². The molecule has 196 valence electrons. The summed E-state index contributed by atoms with van der Waals surface area (Å²) in [6, 6.07) is 16.8. The number of hydrogen-bond acceptors (Lipinski definition) is 4. The van der Waals surface area contributed by atoms with Gasteiger partial charge in [-0.25, -0.2) is 0 Å². The fraction of sp³-hybridized carbons (Fsp3) is 0.367. The van der Waals surface area contributed by atoms with Crippen molar-refractivity contribution in [2.45, 2.75) is 38.1 Å². The van der Waals surface area contributed by atoms with Crippen LogP contribution >= 0.6 is 11.6 Å². The molecule has 1 aliphatic carbocycles. The average Bonchev–Trinajstić information content (AvgIpc) is 3.53. The highest BCUT2D eigenvalue weighted by atomic mass is 35.5. The number of likely N-dealkylation sites (tertiary alicyclic amines) is 1. The molecular formula is C30H32ClN4O3+. The number of aromatic nitrogens is 1. The maximum Gasteiger partial charge on any atom is 0.253 e. The lowest BCUT2D eigenvalue weighted by Crippen LogP contribution is -2.42. The molecule has 8 heteroatoms. The molecule has 3 aliphatic rings. The van der Waals surface area contributed by atoms with E-state index in [1.54, 1.807) is 30.6 Å². The van der Waals surface area contributed by atoms with Gasteiger partial charge in [-0.15, -0.1) is 0 Å². The van der Waals surface area contributed by atoms with Crippen molar-refractivity contribution in [2.75, 3.05) is 31.1 Å². The van der Waals surface area contributed by atoms with Crippen molar-refractivity contribution < 1.29 is 19.5 Å². The minimum Gasteiger partial charge on any atom is -0.371 e. The highest BCUT2D eigenvalue weighted by molar-refractivity contribution is 6.33. The number of piperidine rings is 1. The van der Waals surface area contributed by atoms with Crippen LogP contribution in [-0.2, 0) is 6.42 Å². The van der Waals surface area contributed by atoms with E-state index in [0.717, 1.165) is 74.3 Å². The minimum atomic E-state index is -0.191. The van der Waals surface area contributed by atoms with Gasteiger partial charge in [0.2, 0.25) is 12.4 Å². The molecule has 2 aromatic carbocycles. The number of nitrogens with one attached hydrogen (secondary N) is 1. The quantitative estimate of drug-likeness (QED) is 0.386. The van der Waals surface area contributed by atoms with E-state index in [4.69, 9.17) is 11.6 Å². The van der Waals surface area contributed by atoms with Crippen molar-refractivity contribution in [1.82, 2.24) is 10.2 Å². The standard InChI is InChI=1S/C30H31ClN4O3/c31-26-4-2-1-3-24(26)28(36)32-27-8-7-21-5-6-22(19-25(21)27)29(37)34-18-13-30(20-34)11-16-33(17-12-30)23-9-14-35(38)15-10-23/h1-6,9-10,14-15,19,27H,7-8,11-13,16-18,20H2,(H-,32,36,38)/p+1. The molecule has 38 heavy (non-hydrogen) atoms. The van der Waals surface area contributed by atoms with Crippen LogP contribution in [0.5, 0.6) is 0 Å². The van der Waals surface area contributed by atoms with Crippen LogP contribution in [0.1, 0.15) is 63.6 Å². The number of carbonyl (C=O) groups is 2. The highest BCUT2D eigenvalue weighted by Gasteiger charge is 2.42. The Labute approximate surface area is 227 Å². The van der Waals surface area contributed by atoms with Gasteiger partial charge >= 0.3 is 0 Å². The van der Waals surface area contributed by atoms with Gasteiger partial charge < -0.3 is 15.1 Å².